The molecule has 1 aliphatic carbocycles. The molecule has 6 nitrogen and oxygen atoms in total. The van der Waals surface area contributed by atoms with E-state index in [4.69, 9.17) is 5.73 Å². The van der Waals surface area contributed by atoms with Gasteiger partial charge in [0.2, 0.25) is 0 Å². The number of nitrogens with zero attached hydrogens (tertiary/aromatic N) is 2. The van der Waals surface area contributed by atoms with Gasteiger partial charge in [-0.25, -0.2) is 4.68 Å². The van der Waals surface area contributed by atoms with Crippen LogP contribution in [0.3, 0.4) is 0 Å². The van der Waals surface area contributed by atoms with Gasteiger partial charge in [-0.3, -0.25) is 4.79 Å². The van der Waals surface area contributed by atoms with E-state index in [1.54, 1.807) is 4.68 Å². The molecule has 4 aromatic carbocycles. The Labute approximate surface area is 228 Å². The molecule has 0 radical (unpaired) electrons. The van der Waals surface area contributed by atoms with Crippen LogP contribution in [0.2, 0.25) is 0 Å². The van der Waals surface area contributed by atoms with Crippen molar-refractivity contribution in [2.75, 3.05) is 11.9 Å². The first kappa shape index (κ1) is 25.0. The zero-order chi connectivity index (χ0) is 26.8. The summed E-state index contributed by atoms with van der Waals surface area (Å²) in [6.07, 6.45) is 2.57. The van der Waals surface area contributed by atoms with Crippen LogP contribution in [0.5, 0.6) is 0 Å². The molecule has 6 rings (SSSR count). The number of aryl methyl sites for hydroxylation is 1. The molecule has 1 aromatic heterocycles. The minimum Gasteiger partial charge on any atom is -0.326 e. The van der Waals surface area contributed by atoms with Gasteiger partial charge in [0.15, 0.2) is 0 Å². The van der Waals surface area contributed by atoms with E-state index in [0.717, 1.165) is 40.7 Å². The summed E-state index contributed by atoms with van der Waals surface area (Å²) in [5.74, 6) is 0.533. The van der Waals surface area contributed by atoms with E-state index in [9.17, 15) is 4.79 Å². The minimum absolute atomic E-state index is 0.0142. The Morgan fingerprint density at radius 2 is 1.77 bits per heavy atom. The number of anilines is 1. The van der Waals surface area contributed by atoms with E-state index < -0.39 is 0 Å². The second kappa shape index (κ2) is 10.8. The van der Waals surface area contributed by atoms with Crippen LogP contribution >= 0.6 is 0 Å². The molecular weight excluding hydrogens is 482 g/mol. The fourth-order valence-electron chi connectivity index (χ4n) is 5.18. The average molecular weight is 516 g/mol. The number of nitrogens with one attached hydrogen (secondary N) is 2. The molecule has 196 valence electrons. The van der Waals surface area contributed by atoms with Crippen LogP contribution < -0.4 is 16.4 Å². The molecular formula is C33H33N5O. The maximum absolute atomic E-state index is 13.5. The van der Waals surface area contributed by atoms with Gasteiger partial charge in [-0.15, -0.1) is 0 Å². The molecule has 1 unspecified atom stereocenters. The highest BCUT2D eigenvalue weighted by molar-refractivity contribution is 6.03. The van der Waals surface area contributed by atoms with Gasteiger partial charge < -0.3 is 16.4 Å². The highest BCUT2D eigenvalue weighted by Gasteiger charge is 2.24. The second-order valence-electron chi connectivity index (χ2n) is 10.4. The first-order valence-corrected chi connectivity index (χ1v) is 13.6. The first-order chi connectivity index (χ1) is 19.1. The Bertz CT molecular complexity index is 1630. The highest BCUT2D eigenvalue weighted by Crippen LogP contribution is 2.33. The maximum Gasteiger partial charge on any atom is 0.274 e. The molecule has 1 amide bonds. The lowest BCUT2D eigenvalue weighted by atomic mass is 9.93. The highest BCUT2D eigenvalue weighted by atomic mass is 16.2. The monoisotopic (exact) mass is 515 g/mol. The summed E-state index contributed by atoms with van der Waals surface area (Å²) < 4.78 is 1.68. The van der Waals surface area contributed by atoms with Crippen molar-refractivity contribution in [2.24, 2.45) is 11.7 Å². The summed E-state index contributed by atoms with van der Waals surface area (Å²) in [5, 5.41) is 14.0. The molecule has 4 N–H and O–H groups in total. The van der Waals surface area contributed by atoms with Crippen LogP contribution in [-0.4, -0.2) is 22.2 Å². The molecule has 1 aliphatic rings. The lowest BCUT2D eigenvalue weighted by molar-refractivity contribution is 0.101. The van der Waals surface area contributed by atoms with E-state index in [1.165, 1.54) is 29.2 Å². The third kappa shape index (κ3) is 5.48. The Kier molecular flexibility index (Phi) is 6.97. The number of hydrogen-bond donors (Lipinski definition) is 3. The van der Waals surface area contributed by atoms with E-state index >= 15 is 0 Å². The van der Waals surface area contributed by atoms with E-state index in [2.05, 4.69) is 70.3 Å². The number of fused-ring (bicyclic) bond motifs is 1. The minimum atomic E-state index is -0.210. The largest absolute Gasteiger partial charge is 0.326 e. The number of carbonyl (C=O) groups excluding carboxylic acids is 1. The molecule has 1 atom stereocenters. The summed E-state index contributed by atoms with van der Waals surface area (Å²) in [6, 6.07) is 32.8. The lowest BCUT2D eigenvalue weighted by Gasteiger charge is -2.22. The number of carbonyl (C=O) groups is 1. The van der Waals surface area contributed by atoms with Crippen molar-refractivity contribution >= 4 is 22.4 Å². The lowest BCUT2D eigenvalue weighted by Crippen LogP contribution is -2.25. The van der Waals surface area contributed by atoms with Crippen LogP contribution in [0.25, 0.3) is 16.5 Å². The summed E-state index contributed by atoms with van der Waals surface area (Å²) in [5.41, 5.74) is 12.0. The van der Waals surface area contributed by atoms with Crippen LogP contribution in [-0.2, 0) is 6.54 Å². The summed E-state index contributed by atoms with van der Waals surface area (Å²) >= 11 is 0. The van der Waals surface area contributed by atoms with Gasteiger partial charge in [0.1, 0.15) is 5.69 Å². The van der Waals surface area contributed by atoms with E-state index in [1.807, 2.05) is 49.4 Å². The number of nitrogens with two attached hydrogens (primary N) is 1. The van der Waals surface area contributed by atoms with Gasteiger partial charge in [-0.1, -0.05) is 66.7 Å². The molecule has 1 heterocycles. The van der Waals surface area contributed by atoms with Crippen molar-refractivity contribution in [3.8, 4) is 5.69 Å². The number of benzene rings is 4. The van der Waals surface area contributed by atoms with Crippen LogP contribution in [0.15, 0.2) is 97.1 Å². The zero-order valence-electron chi connectivity index (χ0n) is 22.1. The molecule has 0 bridgehead atoms. The van der Waals surface area contributed by atoms with Crippen LogP contribution in [0.4, 0.5) is 5.69 Å². The molecule has 1 fully saturated rings. The van der Waals surface area contributed by atoms with Gasteiger partial charge >= 0.3 is 0 Å². The van der Waals surface area contributed by atoms with E-state index in [-0.39, 0.29) is 11.9 Å². The van der Waals surface area contributed by atoms with Crippen molar-refractivity contribution in [3.63, 3.8) is 0 Å². The predicted octanol–water partition coefficient (Wildman–Crippen LogP) is 6.13. The van der Waals surface area contributed by atoms with Crippen molar-refractivity contribution < 1.29 is 4.79 Å². The topological polar surface area (TPSA) is 85.0 Å². The molecule has 0 saturated heterocycles. The van der Waals surface area contributed by atoms with Gasteiger partial charge in [0.25, 0.3) is 5.91 Å². The SMILES string of the molecule is Cc1cc(C(=O)Nc2cccc(C(NCC3CC3)c3cccc4ccccc34)c2)n(-c2cccc(CN)c2)n1. The number of rotatable bonds is 9. The molecule has 0 aliphatic heterocycles. The number of aromatic nitrogens is 2. The Hall–Kier alpha value is -4.26. The number of hydrogen-bond acceptors (Lipinski definition) is 4. The second-order valence-corrected chi connectivity index (χ2v) is 10.4. The summed E-state index contributed by atoms with van der Waals surface area (Å²) in [4.78, 5) is 13.5. The normalized spacial score (nSPS) is 13.9. The van der Waals surface area contributed by atoms with Gasteiger partial charge in [0.05, 0.1) is 17.4 Å². The van der Waals surface area contributed by atoms with Crippen molar-refractivity contribution in [1.82, 2.24) is 15.1 Å². The van der Waals surface area contributed by atoms with Gasteiger partial charge in [-0.05, 0) is 90.0 Å². The van der Waals surface area contributed by atoms with Gasteiger partial charge in [0, 0.05) is 12.2 Å². The summed E-state index contributed by atoms with van der Waals surface area (Å²) in [7, 11) is 0. The van der Waals surface area contributed by atoms with Crippen LogP contribution in [0.1, 0.15) is 51.8 Å². The Morgan fingerprint density at radius 3 is 2.62 bits per heavy atom. The third-order valence-corrected chi connectivity index (χ3v) is 7.37. The van der Waals surface area contributed by atoms with Crippen molar-refractivity contribution in [3.05, 3.63) is 125 Å². The van der Waals surface area contributed by atoms with Crippen molar-refractivity contribution in [2.45, 2.75) is 32.4 Å². The number of amides is 1. The predicted molar refractivity (Wildman–Crippen MR) is 157 cm³/mol. The van der Waals surface area contributed by atoms with Crippen molar-refractivity contribution in [1.29, 1.82) is 0 Å². The maximum atomic E-state index is 13.5. The molecule has 6 heteroatoms. The standard InChI is InChI=1S/C33H33N5O/c1-22-17-31(38(37-22)28-12-4-7-24(18-28)20-34)33(39)36-27-11-5-10-26(19-27)32(35-21-23-15-16-23)30-14-6-9-25-8-2-3-13-29(25)30/h2-14,17-19,23,32,35H,15-16,20-21,34H2,1H3,(H,36,39). The fourth-order valence-corrected chi connectivity index (χ4v) is 5.18. The zero-order valence-corrected chi connectivity index (χ0v) is 22.1. The quantitative estimate of drug-likeness (QED) is 0.220. The smallest absolute Gasteiger partial charge is 0.274 e. The first-order valence-electron chi connectivity index (χ1n) is 13.6. The molecule has 0 spiro atoms. The molecule has 39 heavy (non-hydrogen) atoms. The fraction of sp³-hybridized carbons (Fsp3) is 0.212. The van der Waals surface area contributed by atoms with E-state index in [0.29, 0.717) is 12.2 Å². The molecule has 1 saturated carbocycles. The summed E-state index contributed by atoms with van der Waals surface area (Å²) in [6.45, 7) is 3.29. The molecule has 5 aromatic rings. The third-order valence-electron chi connectivity index (χ3n) is 7.37. The van der Waals surface area contributed by atoms with Gasteiger partial charge in [-0.2, -0.15) is 5.10 Å². The Balaban J connectivity index is 1.31. The van der Waals surface area contributed by atoms with Crippen LogP contribution in [0, 0.1) is 12.8 Å². The Morgan fingerprint density at radius 1 is 0.974 bits per heavy atom. The average Bonchev–Trinajstić information content (AvgIpc) is 3.71.